The van der Waals surface area contributed by atoms with Crippen molar-refractivity contribution in [3.63, 3.8) is 0 Å². The molecule has 2 fully saturated rings. The van der Waals surface area contributed by atoms with E-state index < -0.39 is 0 Å². The van der Waals surface area contributed by atoms with E-state index in [0.717, 1.165) is 30.0 Å². The van der Waals surface area contributed by atoms with E-state index in [9.17, 15) is 5.11 Å². The van der Waals surface area contributed by atoms with Gasteiger partial charge in [-0.3, -0.25) is 4.90 Å². The second-order valence-electron chi connectivity index (χ2n) is 6.43. The maximum Gasteiger partial charge on any atom is 0.229 e. The first kappa shape index (κ1) is 14.7. The highest BCUT2D eigenvalue weighted by Crippen LogP contribution is 2.39. The summed E-state index contributed by atoms with van der Waals surface area (Å²) >= 11 is 0. The van der Waals surface area contributed by atoms with Crippen LogP contribution in [0, 0.1) is 0 Å². The molecule has 23 heavy (non-hydrogen) atoms. The van der Waals surface area contributed by atoms with Crippen LogP contribution in [-0.2, 0) is 6.54 Å². The fourth-order valence-corrected chi connectivity index (χ4v) is 3.26. The van der Waals surface area contributed by atoms with Crippen molar-refractivity contribution in [1.82, 2.24) is 15.0 Å². The Balaban J connectivity index is 1.52. The Labute approximate surface area is 135 Å². The highest BCUT2D eigenvalue weighted by atomic mass is 16.5. The molecule has 6 heteroatoms. The summed E-state index contributed by atoms with van der Waals surface area (Å²) in [4.78, 5) is 6.71. The Morgan fingerprint density at radius 1 is 1.39 bits per heavy atom. The minimum Gasteiger partial charge on any atom is -0.497 e. The van der Waals surface area contributed by atoms with Gasteiger partial charge in [-0.1, -0.05) is 17.3 Å². The van der Waals surface area contributed by atoms with Gasteiger partial charge in [-0.25, -0.2) is 0 Å². The number of hydrogen-bond acceptors (Lipinski definition) is 6. The third-order valence-corrected chi connectivity index (χ3v) is 4.61. The summed E-state index contributed by atoms with van der Waals surface area (Å²) in [6.07, 6.45) is 2.68. The summed E-state index contributed by atoms with van der Waals surface area (Å²) in [7, 11) is 1.67. The molecule has 2 heterocycles. The Morgan fingerprint density at radius 3 is 3.04 bits per heavy atom. The molecule has 6 nitrogen and oxygen atoms in total. The average Bonchev–Trinajstić information content (AvgIpc) is 3.21. The van der Waals surface area contributed by atoms with Crippen molar-refractivity contribution < 1.29 is 14.4 Å². The molecule has 0 unspecified atom stereocenters. The molecule has 0 spiro atoms. The van der Waals surface area contributed by atoms with E-state index in [1.165, 1.54) is 0 Å². The van der Waals surface area contributed by atoms with E-state index in [-0.39, 0.29) is 12.1 Å². The van der Waals surface area contributed by atoms with Crippen LogP contribution in [0.15, 0.2) is 28.8 Å². The van der Waals surface area contributed by atoms with Crippen molar-refractivity contribution in [3.8, 4) is 5.75 Å². The number of ether oxygens (including phenoxy) is 1. The normalized spacial score (nSPS) is 25.0. The molecule has 1 aliphatic heterocycles. The molecule has 1 N–H and O–H groups in total. The summed E-state index contributed by atoms with van der Waals surface area (Å²) < 4.78 is 10.6. The minimum absolute atomic E-state index is 0.142. The molecule has 0 bridgehead atoms. The lowest BCUT2D eigenvalue weighted by atomic mass is 10.0. The predicted molar refractivity (Wildman–Crippen MR) is 83.0 cm³/mol. The molecular weight excluding hydrogens is 294 g/mol. The van der Waals surface area contributed by atoms with Crippen LogP contribution in [0.3, 0.4) is 0 Å². The van der Waals surface area contributed by atoms with E-state index in [1.807, 2.05) is 18.2 Å². The van der Waals surface area contributed by atoms with Crippen molar-refractivity contribution in [2.75, 3.05) is 13.7 Å². The van der Waals surface area contributed by atoms with Gasteiger partial charge in [-0.15, -0.1) is 0 Å². The fraction of sp³-hybridized carbons (Fsp3) is 0.529. The number of nitrogens with zero attached hydrogens (tertiary/aromatic N) is 3. The van der Waals surface area contributed by atoms with Crippen molar-refractivity contribution in [3.05, 3.63) is 41.5 Å². The van der Waals surface area contributed by atoms with E-state index in [0.29, 0.717) is 31.3 Å². The molecule has 0 radical (unpaired) electrons. The number of aromatic nitrogens is 2. The van der Waals surface area contributed by atoms with Gasteiger partial charge in [0.2, 0.25) is 5.89 Å². The van der Waals surface area contributed by atoms with Crippen LogP contribution in [0.2, 0.25) is 0 Å². The zero-order valence-electron chi connectivity index (χ0n) is 13.2. The van der Waals surface area contributed by atoms with Crippen LogP contribution in [0.1, 0.15) is 48.5 Å². The summed E-state index contributed by atoms with van der Waals surface area (Å²) in [5.74, 6) is 2.76. The average molecular weight is 315 g/mol. The van der Waals surface area contributed by atoms with Gasteiger partial charge in [0.15, 0.2) is 5.82 Å². The van der Waals surface area contributed by atoms with Gasteiger partial charge >= 0.3 is 0 Å². The lowest BCUT2D eigenvalue weighted by molar-refractivity contribution is 0.170. The van der Waals surface area contributed by atoms with Gasteiger partial charge < -0.3 is 14.4 Å². The van der Waals surface area contributed by atoms with E-state index >= 15 is 0 Å². The highest BCUT2D eigenvalue weighted by molar-refractivity contribution is 5.31. The zero-order valence-corrected chi connectivity index (χ0v) is 13.2. The van der Waals surface area contributed by atoms with Gasteiger partial charge in [0.05, 0.1) is 19.8 Å². The summed E-state index contributed by atoms with van der Waals surface area (Å²) in [6.45, 7) is 1.21. The molecule has 0 amide bonds. The summed E-state index contributed by atoms with van der Waals surface area (Å²) in [5.41, 5.74) is 1.15. The first-order valence-electron chi connectivity index (χ1n) is 8.11. The van der Waals surface area contributed by atoms with Crippen molar-refractivity contribution in [2.45, 2.75) is 43.9 Å². The second kappa shape index (κ2) is 5.94. The molecule has 1 aromatic heterocycles. The monoisotopic (exact) mass is 315 g/mol. The quantitative estimate of drug-likeness (QED) is 0.912. The maximum atomic E-state index is 10.1. The Bertz CT molecular complexity index is 683. The molecule has 122 valence electrons. The summed E-state index contributed by atoms with van der Waals surface area (Å²) in [5, 5.41) is 14.2. The van der Waals surface area contributed by atoms with Crippen molar-refractivity contribution in [2.24, 2.45) is 0 Å². The number of benzene rings is 1. The third-order valence-electron chi connectivity index (χ3n) is 4.61. The third kappa shape index (κ3) is 3.09. The number of hydrogen-bond donors (Lipinski definition) is 1. The highest BCUT2D eigenvalue weighted by Gasteiger charge is 2.34. The molecule has 2 aliphatic rings. The van der Waals surface area contributed by atoms with Gasteiger partial charge in [-0.2, -0.15) is 4.98 Å². The molecular formula is C17H21N3O3. The molecule has 1 aliphatic carbocycles. The summed E-state index contributed by atoms with van der Waals surface area (Å²) in [6, 6.07) is 8.16. The van der Waals surface area contributed by atoms with Crippen LogP contribution in [0.5, 0.6) is 5.75 Å². The molecule has 1 saturated carbocycles. The molecule has 2 atom stereocenters. The van der Waals surface area contributed by atoms with E-state index in [1.54, 1.807) is 7.11 Å². The maximum absolute atomic E-state index is 10.1. The lowest BCUT2D eigenvalue weighted by Gasteiger charge is -2.23. The Hall–Kier alpha value is -1.92. The van der Waals surface area contributed by atoms with Crippen molar-refractivity contribution in [1.29, 1.82) is 0 Å². The second-order valence-corrected chi connectivity index (χ2v) is 6.43. The molecule has 4 rings (SSSR count). The number of aliphatic hydroxyl groups is 1. The molecule has 1 saturated heterocycles. The number of aliphatic hydroxyl groups excluding tert-OH is 1. The van der Waals surface area contributed by atoms with Crippen LogP contribution in [0.25, 0.3) is 0 Å². The predicted octanol–water partition coefficient (Wildman–Crippen LogP) is 2.26. The number of β-amino-alcohol motifs (C(OH)–C–C–N with tert-alkyl or cyclic N) is 1. The van der Waals surface area contributed by atoms with Crippen LogP contribution >= 0.6 is 0 Å². The van der Waals surface area contributed by atoms with Crippen LogP contribution in [-0.4, -0.2) is 39.9 Å². The first-order valence-corrected chi connectivity index (χ1v) is 8.11. The molecule has 2 aromatic rings. The largest absolute Gasteiger partial charge is 0.497 e. The van der Waals surface area contributed by atoms with Crippen LogP contribution in [0.4, 0.5) is 0 Å². The smallest absolute Gasteiger partial charge is 0.229 e. The number of likely N-dealkylation sites (tertiary alicyclic amines) is 1. The standard InChI is InChI=1S/C17H21N3O3/c1-22-14-4-2-3-12(7-14)15-8-13(21)9-20(15)10-16-18-17(23-19-16)11-5-6-11/h2-4,7,11,13,15,21H,5-6,8-10H2,1H3/t13-,15+/m1/s1. The van der Waals surface area contributed by atoms with E-state index in [4.69, 9.17) is 9.26 Å². The number of rotatable bonds is 5. The Kier molecular flexibility index (Phi) is 3.79. The van der Waals surface area contributed by atoms with Gasteiger partial charge in [0.1, 0.15) is 5.75 Å². The lowest BCUT2D eigenvalue weighted by Crippen LogP contribution is -2.25. The topological polar surface area (TPSA) is 71.6 Å². The fourth-order valence-electron chi connectivity index (χ4n) is 3.26. The Morgan fingerprint density at radius 2 is 2.26 bits per heavy atom. The van der Waals surface area contributed by atoms with Gasteiger partial charge in [0.25, 0.3) is 0 Å². The SMILES string of the molecule is COc1cccc([C@@H]2C[C@@H](O)CN2Cc2noc(C3CC3)n2)c1. The zero-order chi connectivity index (χ0) is 15.8. The van der Waals surface area contributed by atoms with E-state index in [2.05, 4.69) is 21.1 Å². The van der Waals surface area contributed by atoms with Gasteiger partial charge in [-0.05, 0) is 37.0 Å². The molecule has 1 aromatic carbocycles. The van der Waals surface area contributed by atoms with Crippen molar-refractivity contribution >= 4 is 0 Å². The minimum atomic E-state index is -0.332. The van der Waals surface area contributed by atoms with Crippen LogP contribution < -0.4 is 4.74 Å². The van der Waals surface area contributed by atoms with Gasteiger partial charge in [0, 0.05) is 18.5 Å². The first-order chi connectivity index (χ1) is 11.2. The number of methoxy groups -OCH3 is 1.